The molecule has 4 heterocycles. The van der Waals surface area contributed by atoms with Gasteiger partial charge in [-0.1, -0.05) is 79.1 Å². The maximum absolute atomic E-state index is 14.8. The number of halogens is 1. The summed E-state index contributed by atoms with van der Waals surface area (Å²) >= 11 is 6.19. The standard InChI is InChI=1S/C36H40ClN3O7/c37-25-14-16-26(17-15-25)39-20-9-4-7-13-29(42)46-23-27(24-11-5-3-6-12-24)38-33(43)30-28-18-19-36(47-28)31(30)34(44)40(32(36)35(39)45)21-8-1-2-10-22-41/h3-6,9,11-12,14-19,27-28,30-32,41H,1-2,7-8,10,13,20-23H2,(H,38,43)/b9-4-/t27-,28-,30+,31+,32-,36+/m1/s1. The number of hydrogen-bond donors (Lipinski definition) is 2. The van der Waals surface area contributed by atoms with Crippen LogP contribution in [0.4, 0.5) is 5.69 Å². The zero-order chi connectivity index (χ0) is 33.0. The second kappa shape index (κ2) is 14.4. The van der Waals surface area contributed by atoms with Gasteiger partial charge in [-0.2, -0.15) is 0 Å². The lowest BCUT2D eigenvalue weighted by Gasteiger charge is -2.36. The van der Waals surface area contributed by atoms with Crippen LogP contribution in [0, 0.1) is 11.8 Å². The molecule has 1 spiro atoms. The molecule has 3 amide bonds. The summed E-state index contributed by atoms with van der Waals surface area (Å²) in [6.07, 6.45) is 9.94. The van der Waals surface area contributed by atoms with Crippen molar-refractivity contribution in [2.45, 2.75) is 62.3 Å². The fourth-order valence-electron chi connectivity index (χ4n) is 7.25. The number of unbranched alkanes of at least 4 members (excludes halogenated alkanes) is 3. The van der Waals surface area contributed by atoms with Crippen molar-refractivity contribution in [3.63, 3.8) is 0 Å². The predicted octanol–water partition coefficient (Wildman–Crippen LogP) is 4.13. The highest BCUT2D eigenvalue weighted by molar-refractivity contribution is 6.30. The number of allylic oxidation sites excluding steroid dienone is 1. The third-order valence-corrected chi connectivity index (χ3v) is 9.77. The molecule has 6 rings (SSSR count). The van der Waals surface area contributed by atoms with E-state index in [1.54, 1.807) is 46.2 Å². The maximum Gasteiger partial charge on any atom is 0.306 e. The number of likely N-dealkylation sites (tertiary alicyclic amines) is 1. The Labute approximate surface area is 279 Å². The third kappa shape index (κ3) is 6.59. The molecule has 10 nitrogen and oxygen atoms in total. The van der Waals surface area contributed by atoms with Crippen LogP contribution in [0.15, 0.2) is 78.9 Å². The van der Waals surface area contributed by atoms with E-state index in [-0.39, 0.29) is 38.0 Å². The van der Waals surface area contributed by atoms with Crippen molar-refractivity contribution in [3.8, 4) is 0 Å². The number of benzene rings is 2. The predicted molar refractivity (Wildman–Crippen MR) is 175 cm³/mol. The molecule has 248 valence electrons. The number of carbonyl (C=O) groups is 4. The summed E-state index contributed by atoms with van der Waals surface area (Å²) in [7, 11) is 0. The summed E-state index contributed by atoms with van der Waals surface area (Å²) in [5, 5.41) is 12.8. The van der Waals surface area contributed by atoms with Crippen molar-refractivity contribution < 1.29 is 33.8 Å². The Balaban J connectivity index is 1.39. The molecule has 6 atom stereocenters. The van der Waals surface area contributed by atoms with Crippen LogP contribution in [0.1, 0.15) is 50.1 Å². The summed E-state index contributed by atoms with van der Waals surface area (Å²) in [6, 6.07) is 14.5. The van der Waals surface area contributed by atoms with Gasteiger partial charge in [-0.3, -0.25) is 19.2 Å². The summed E-state index contributed by atoms with van der Waals surface area (Å²) < 4.78 is 12.2. The van der Waals surface area contributed by atoms with E-state index in [0.29, 0.717) is 36.5 Å². The van der Waals surface area contributed by atoms with E-state index in [2.05, 4.69) is 5.32 Å². The average Bonchev–Trinajstić information content (AvgIpc) is 3.72. The lowest BCUT2D eigenvalue weighted by molar-refractivity contribution is -0.145. The van der Waals surface area contributed by atoms with Gasteiger partial charge in [-0.15, -0.1) is 0 Å². The molecular formula is C36H40ClN3O7. The molecule has 0 aromatic heterocycles. The first-order valence-electron chi connectivity index (χ1n) is 16.4. The topological polar surface area (TPSA) is 125 Å². The number of carbonyl (C=O) groups excluding carboxylic acids is 4. The van der Waals surface area contributed by atoms with Gasteiger partial charge in [0.15, 0.2) is 0 Å². The van der Waals surface area contributed by atoms with Gasteiger partial charge in [0, 0.05) is 36.8 Å². The van der Waals surface area contributed by atoms with Crippen LogP contribution in [0.2, 0.25) is 5.02 Å². The molecule has 0 unspecified atom stereocenters. The van der Waals surface area contributed by atoms with Crippen molar-refractivity contribution in [1.82, 2.24) is 10.2 Å². The molecule has 2 N–H and O–H groups in total. The highest BCUT2D eigenvalue weighted by Crippen LogP contribution is 2.55. The normalized spacial score (nSPS) is 30.0. The molecule has 11 heteroatoms. The third-order valence-electron chi connectivity index (χ3n) is 9.52. The molecule has 4 aliphatic heterocycles. The quantitative estimate of drug-likeness (QED) is 0.248. The highest BCUT2D eigenvalue weighted by atomic mass is 35.5. The Bertz CT molecular complexity index is 1530. The Kier molecular flexibility index (Phi) is 10.1. The molecule has 2 fully saturated rings. The first-order chi connectivity index (χ1) is 22.8. The minimum atomic E-state index is -1.33. The van der Waals surface area contributed by atoms with Crippen molar-refractivity contribution >= 4 is 41.0 Å². The molecule has 2 saturated heterocycles. The summed E-state index contributed by atoms with van der Waals surface area (Å²) in [4.78, 5) is 59.3. The number of nitrogens with zero attached hydrogens (tertiary/aromatic N) is 2. The number of nitrogens with one attached hydrogen (secondary N) is 1. The molecule has 4 aliphatic rings. The first-order valence-corrected chi connectivity index (χ1v) is 16.7. The van der Waals surface area contributed by atoms with E-state index >= 15 is 0 Å². The van der Waals surface area contributed by atoms with Crippen molar-refractivity contribution in [2.75, 3.05) is 31.2 Å². The summed E-state index contributed by atoms with van der Waals surface area (Å²) in [6.45, 7) is 0.514. The Morgan fingerprint density at radius 1 is 0.936 bits per heavy atom. The van der Waals surface area contributed by atoms with Gasteiger partial charge in [0.25, 0.3) is 5.91 Å². The molecule has 47 heavy (non-hydrogen) atoms. The van der Waals surface area contributed by atoms with Crippen LogP contribution in [-0.4, -0.2) is 77.7 Å². The zero-order valence-corrected chi connectivity index (χ0v) is 26.9. The minimum Gasteiger partial charge on any atom is -0.463 e. The Morgan fingerprint density at radius 2 is 1.70 bits per heavy atom. The van der Waals surface area contributed by atoms with Gasteiger partial charge < -0.3 is 29.7 Å². The van der Waals surface area contributed by atoms with Crippen LogP contribution in [0.5, 0.6) is 0 Å². The molecule has 0 aliphatic carbocycles. The number of aliphatic hydroxyl groups excluding tert-OH is 1. The smallest absolute Gasteiger partial charge is 0.306 e. The summed E-state index contributed by atoms with van der Waals surface area (Å²) in [5.74, 6) is -3.24. The van der Waals surface area contributed by atoms with Crippen molar-refractivity contribution in [1.29, 1.82) is 0 Å². The molecule has 5 bridgehead atoms. The number of hydrogen-bond acceptors (Lipinski definition) is 7. The van der Waals surface area contributed by atoms with Crippen molar-refractivity contribution in [2.24, 2.45) is 11.8 Å². The number of amides is 3. The number of esters is 1. The van der Waals surface area contributed by atoms with Gasteiger partial charge in [-0.05, 0) is 49.1 Å². The van der Waals surface area contributed by atoms with Gasteiger partial charge >= 0.3 is 5.97 Å². The molecule has 2 aromatic carbocycles. The number of rotatable bonds is 8. The number of cyclic esters (lactones) is 1. The first kappa shape index (κ1) is 32.9. The fourth-order valence-corrected chi connectivity index (χ4v) is 7.37. The molecule has 0 radical (unpaired) electrons. The Morgan fingerprint density at radius 3 is 2.47 bits per heavy atom. The lowest BCUT2D eigenvalue weighted by Crippen LogP contribution is -2.56. The highest BCUT2D eigenvalue weighted by Gasteiger charge is 2.73. The van der Waals surface area contributed by atoms with E-state index in [1.165, 1.54) is 0 Å². The van der Waals surface area contributed by atoms with Crippen LogP contribution in [0.25, 0.3) is 0 Å². The molecule has 2 aromatic rings. The van der Waals surface area contributed by atoms with E-state index in [1.807, 2.05) is 42.5 Å². The number of aliphatic hydroxyl groups is 1. The number of fused-ring (bicyclic) bond motifs is 2. The summed E-state index contributed by atoms with van der Waals surface area (Å²) in [5.41, 5.74) is 0.0195. The lowest BCUT2D eigenvalue weighted by atomic mass is 9.74. The molecular weight excluding hydrogens is 622 g/mol. The zero-order valence-electron chi connectivity index (χ0n) is 26.1. The van der Waals surface area contributed by atoms with Gasteiger partial charge in [0.2, 0.25) is 11.8 Å². The Hall–Kier alpha value is -3.99. The van der Waals surface area contributed by atoms with Gasteiger partial charge in [-0.25, -0.2) is 0 Å². The van der Waals surface area contributed by atoms with E-state index in [4.69, 9.17) is 21.1 Å². The van der Waals surface area contributed by atoms with Gasteiger partial charge in [0.05, 0.1) is 24.0 Å². The van der Waals surface area contributed by atoms with Crippen molar-refractivity contribution in [3.05, 3.63) is 89.5 Å². The fraction of sp³-hybridized carbons (Fsp3) is 0.444. The average molecular weight is 662 g/mol. The van der Waals surface area contributed by atoms with Crippen LogP contribution in [-0.2, 0) is 28.7 Å². The van der Waals surface area contributed by atoms with Crippen LogP contribution >= 0.6 is 11.6 Å². The minimum absolute atomic E-state index is 0.0679. The van der Waals surface area contributed by atoms with Crippen LogP contribution in [0.3, 0.4) is 0 Å². The maximum atomic E-state index is 14.8. The second-order valence-corrected chi connectivity index (χ2v) is 12.9. The monoisotopic (exact) mass is 661 g/mol. The second-order valence-electron chi connectivity index (χ2n) is 12.5. The van der Waals surface area contributed by atoms with Gasteiger partial charge in [0.1, 0.15) is 18.2 Å². The SMILES string of the molecule is O=C1CC/C=C\CN(c2ccc(Cl)cc2)C(=O)[C@H]2N(CCCCCCO)C(=O)[C@@H]3[C@@H](C(=O)N[C@@H](c4ccccc4)CO1)[C@H]1C=C[C@]32O1. The van der Waals surface area contributed by atoms with E-state index in [9.17, 15) is 24.3 Å². The number of anilines is 1. The van der Waals surface area contributed by atoms with Crippen LogP contribution < -0.4 is 10.2 Å². The van der Waals surface area contributed by atoms with E-state index < -0.39 is 47.5 Å². The molecule has 0 saturated carbocycles. The number of ether oxygens (including phenoxy) is 2. The van der Waals surface area contributed by atoms with E-state index in [0.717, 1.165) is 18.4 Å². The largest absolute Gasteiger partial charge is 0.463 e.